The fourth-order valence-electron chi connectivity index (χ4n) is 3.07. The molecule has 0 atom stereocenters. The summed E-state index contributed by atoms with van der Waals surface area (Å²) < 4.78 is 7.11. The fraction of sp³-hybridized carbons (Fsp3) is 0.421. The van der Waals surface area contributed by atoms with E-state index in [1.165, 1.54) is 11.1 Å². The van der Waals surface area contributed by atoms with E-state index in [1.807, 2.05) is 19.9 Å². The van der Waals surface area contributed by atoms with E-state index in [1.54, 1.807) is 7.11 Å². The Bertz CT molecular complexity index is 720. The number of aryl methyl sites for hydroxylation is 1. The molecule has 5 nitrogen and oxygen atoms in total. The van der Waals surface area contributed by atoms with Crippen molar-refractivity contribution in [3.8, 4) is 0 Å². The number of aromatic carboxylic acids is 1. The summed E-state index contributed by atoms with van der Waals surface area (Å²) in [6.45, 7) is 8.43. The normalized spacial score (nSPS) is 11.0. The van der Waals surface area contributed by atoms with Crippen LogP contribution in [0.15, 0.2) is 24.3 Å². The average Bonchev–Trinajstić information content (AvgIpc) is 2.76. The summed E-state index contributed by atoms with van der Waals surface area (Å²) in [5.41, 5.74) is 5.43. The zero-order chi connectivity index (χ0) is 17.7. The van der Waals surface area contributed by atoms with Gasteiger partial charge in [0.15, 0.2) is 0 Å². The van der Waals surface area contributed by atoms with Gasteiger partial charge < -0.3 is 19.7 Å². The number of carboxylic acid groups (broad SMARTS) is 1. The number of nitrogens with one attached hydrogen (secondary N) is 1. The van der Waals surface area contributed by atoms with Crippen LogP contribution in [0.25, 0.3) is 0 Å². The van der Waals surface area contributed by atoms with E-state index in [4.69, 9.17) is 4.74 Å². The Morgan fingerprint density at radius 3 is 2.62 bits per heavy atom. The molecule has 0 spiro atoms. The van der Waals surface area contributed by atoms with Gasteiger partial charge in [-0.1, -0.05) is 29.8 Å². The molecule has 130 valence electrons. The molecule has 1 aromatic heterocycles. The van der Waals surface area contributed by atoms with Crippen molar-refractivity contribution in [2.45, 2.75) is 33.9 Å². The summed E-state index contributed by atoms with van der Waals surface area (Å²) in [7, 11) is 1.65. The molecule has 0 aliphatic rings. The Hall–Kier alpha value is -2.11. The number of hydrogen-bond acceptors (Lipinski definition) is 3. The first kappa shape index (κ1) is 18.2. The minimum absolute atomic E-state index is 0.407. The first-order valence-electron chi connectivity index (χ1n) is 8.12. The van der Waals surface area contributed by atoms with Crippen molar-refractivity contribution < 1.29 is 14.6 Å². The molecule has 1 aromatic carbocycles. The van der Waals surface area contributed by atoms with Crippen LogP contribution >= 0.6 is 0 Å². The molecule has 0 aliphatic carbocycles. The van der Waals surface area contributed by atoms with Crippen molar-refractivity contribution in [2.24, 2.45) is 0 Å². The van der Waals surface area contributed by atoms with Crippen LogP contribution in [0, 0.1) is 20.8 Å². The molecular formula is C19H26N2O3. The molecule has 0 amide bonds. The second-order valence-electron chi connectivity index (χ2n) is 6.07. The summed E-state index contributed by atoms with van der Waals surface area (Å²) in [6.07, 6.45) is 0. The lowest BCUT2D eigenvalue weighted by atomic mass is 10.1. The molecule has 0 fully saturated rings. The van der Waals surface area contributed by atoms with Gasteiger partial charge in [0.1, 0.15) is 0 Å². The number of carbonyl (C=O) groups is 1. The van der Waals surface area contributed by atoms with E-state index in [9.17, 15) is 9.90 Å². The first-order valence-corrected chi connectivity index (χ1v) is 8.12. The second-order valence-corrected chi connectivity index (χ2v) is 6.07. The number of hydrogen-bond donors (Lipinski definition) is 2. The number of carboxylic acids is 1. The molecule has 2 rings (SSSR count). The van der Waals surface area contributed by atoms with E-state index in [-0.39, 0.29) is 0 Å². The fourth-order valence-corrected chi connectivity index (χ4v) is 3.07. The number of aromatic nitrogens is 1. The maximum Gasteiger partial charge on any atom is 0.337 e. The minimum atomic E-state index is -0.873. The van der Waals surface area contributed by atoms with Gasteiger partial charge in [-0.25, -0.2) is 4.79 Å². The number of ether oxygens (including phenoxy) is 1. The average molecular weight is 330 g/mol. The summed E-state index contributed by atoms with van der Waals surface area (Å²) in [5, 5.41) is 12.9. The lowest BCUT2D eigenvalue weighted by Crippen LogP contribution is -2.20. The second kappa shape index (κ2) is 8.13. The van der Waals surface area contributed by atoms with Crippen LogP contribution in [0.1, 0.15) is 38.4 Å². The molecular weight excluding hydrogens is 304 g/mol. The van der Waals surface area contributed by atoms with Gasteiger partial charge in [0.2, 0.25) is 0 Å². The van der Waals surface area contributed by atoms with Gasteiger partial charge >= 0.3 is 5.97 Å². The van der Waals surface area contributed by atoms with Crippen LogP contribution in [-0.2, 0) is 17.8 Å². The topological polar surface area (TPSA) is 63.5 Å². The summed E-state index contributed by atoms with van der Waals surface area (Å²) >= 11 is 0. The van der Waals surface area contributed by atoms with E-state index >= 15 is 0 Å². The molecule has 0 unspecified atom stereocenters. The molecule has 5 heteroatoms. The van der Waals surface area contributed by atoms with Gasteiger partial charge in [-0.15, -0.1) is 0 Å². The number of nitrogens with zero attached hydrogens (tertiary/aromatic N) is 1. The van der Waals surface area contributed by atoms with Crippen molar-refractivity contribution >= 4 is 5.97 Å². The van der Waals surface area contributed by atoms with Gasteiger partial charge in [0.25, 0.3) is 0 Å². The Labute approximate surface area is 143 Å². The zero-order valence-electron chi connectivity index (χ0n) is 14.8. The van der Waals surface area contributed by atoms with Gasteiger partial charge in [-0.05, 0) is 26.3 Å². The predicted molar refractivity (Wildman–Crippen MR) is 94.7 cm³/mol. The number of benzene rings is 1. The highest BCUT2D eigenvalue weighted by atomic mass is 16.5. The molecule has 1 heterocycles. The number of rotatable bonds is 8. The van der Waals surface area contributed by atoms with Crippen LogP contribution in [-0.4, -0.2) is 35.9 Å². The lowest BCUT2D eigenvalue weighted by molar-refractivity contribution is 0.0694. The molecule has 0 aliphatic heterocycles. The van der Waals surface area contributed by atoms with Crippen molar-refractivity contribution in [3.05, 3.63) is 57.9 Å². The molecule has 0 saturated carbocycles. The number of methoxy groups -OCH3 is 1. The first-order chi connectivity index (χ1) is 11.5. The maximum atomic E-state index is 11.7. The molecule has 2 aromatic rings. The molecule has 0 bridgehead atoms. The maximum absolute atomic E-state index is 11.7. The quantitative estimate of drug-likeness (QED) is 0.731. The van der Waals surface area contributed by atoms with Crippen molar-refractivity contribution in [1.82, 2.24) is 9.88 Å². The third kappa shape index (κ3) is 4.04. The van der Waals surface area contributed by atoms with E-state index in [2.05, 4.69) is 35.0 Å². The largest absolute Gasteiger partial charge is 0.478 e. The predicted octanol–water partition coefficient (Wildman–Crippen LogP) is 2.90. The SMILES string of the molecule is COCCNCc1c(C(=O)O)c(C)n(Cc2cccc(C)c2)c1C. The van der Waals surface area contributed by atoms with Gasteiger partial charge in [-0.3, -0.25) is 0 Å². The summed E-state index contributed by atoms with van der Waals surface area (Å²) in [4.78, 5) is 11.7. The lowest BCUT2D eigenvalue weighted by Gasteiger charge is -2.11. The van der Waals surface area contributed by atoms with Crippen LogP contribution < -0.4 is 5.32 Å². The highest BCUT2D eigenvalue weighted by molar-refractivity contribution is 5.91. The van der Waals surface area contributed by atoms with Gasteiger partial charge in [0, 0.05) is 43.7 Å². The molecule has 0 saturated heterocycles. The van der Waals surface area contributed by atoms with Crippen LogP contribution in [0.4, 0.5) is 0 Å². The van der Waals surface area contributed by atoms with Gasteiger partial charge in [0.05, 0.1) is 12.2 Å². The van der Waals surface area contributed by atoms with Crippen LogP contribution in [0.3, 0.4) is 0 Å². The van der Waals surface area contributed by atoms with Crippen molar-refractivity contribution in [3.63, 3.8) is 0 Å². The minimum Gasteiger partial charge on any atom is -0.478 e. The van der Waals surface area contributed by atoms with Crippen LogP contribution in [0.5, 0.6) is 0 Å². The monoisotopic (exact) mass is 330 g/mol. The van der Waals surface area contributed by atoms with Crippen LogP contribution in [0.2, 0.25) is 0 Å². The smallest absolute Gasteiger partial charge is 0.337 e. The summed E-state index contributed by atoms with van der Waals surface area (Å²) in [5.74, 6) is -0.873. The Kier molecular flexibility index (Phi) is 6.17. The highest BCUT2D eigenvalue weighted by Gasteiger charge is 2.22. The Balaban J connectivity index is 2.32. The third-order valence-corrected chi connectivity index (χ3v) is 4.33. The molecule has 2 N–H and O–H groups in total. The highest BCUT2D eigenvalue weighted by Crippen LogP contribution is 2.24. The van der Waals surface area contributed by atoms with Gasteiger partial charge in [-0.2, -0.15) is 0 Å². The molecule has 24 heavy (non-hydrogen) atoms. The van der Waals surface area contributed by atoms with E-state index in [0.29, 0.717) is 31.8 Å². The summed E-state index contributed by atoms with van der Waals surface area (Å²) in [6, 6.07) is 8.30. The van der Waals surface area contributed by atoms with Crippen molar-refractivity contribution in [1.29, 1.82) is 0 Å². The Morgan fingerprint density at radius 2 is 2.00 bits per heavy atom. The Morgan fingerprint density at radius 1 is 1.25 bits per heavy atom. The zero-order valence-corrected chi connectivity index (χ0v) is 14.8. The third-order valence-electron chi connectivity index (χ3n) is 4.33. The molecule has 0 radical (unpaired) electrons. The van der Waals surface area contributed by atoms with E-state index in [0.717, 1.165) is 17.0 Å². The van der Waals surface area contributed by atoms with E-state index < -0.39 is 5.97 Å². The van der Waals surface area contributed by atoms with Crippen molar-refractivity contribution in [2.75, 3.05) is 20.3 Å². The standard InChI is InChI=1S/C19H26N2O3/c1-13-6-5-7-16(10-13)12-21-14(2)17(11-20-8-9-24-4)18(15(21)3)19(22)23/h5-7,10,20H,8-9,11-12H2,1-4H3,(H,22,23).